The van der Waals surface area contributed by atoms with Crippen molar-refractivity contribution in [2.75, 3.05) is 23.4 Å². The molecule has 0 fully saturated rings. The number of nitrogens with zero attached hydrogens (tertiary/aromatic N) is 1. The molecule has 1 aliphatic rings. The molecule has 0 spiro atoms. The van der Waals surface area contributed by atoms with E-state index in [-0.39, 0.29) is 42.8 Å². The minimum atomic E-state index is -0.536. The normalized spacial score (nSPS) is 12.5. The quantitative estimate of drug-likeness (QED) is 0.330. The predicted molar refractivity (Wildman–Crippen MR) is 132 cm³/mol. The van der Waals surface area contributed by atoms with Gasteiger partial charge in [-0.2, -0.15) is 0 Å². The molecule has 2 heterocycles. The first-order valence-corrected chi connectivity index (χ1v) is 11.5. The fourth-order valence-electron chi connectivity index (χ4n) is 3.78. The van der Waals surface area contributed by atoms with Gasteiger partial charge in [-0.3, -0.25) is 19.3 Å². The summed E-state index contributed by atoms with van der Waals surface area (Å²) >= 11 is 0. The number of amides is 2. The number of halogens is 2. The van der Waals surface area contributed by atoms with Crippen molar-refractivity contribution < 1.29 is 37.1 Å². The number of Topliss-reactive ketones (excluding diaryl/α,β-unsaturated/α-hetero) is 1. The van der Waals surface area contributed by atoms with Crippen LogP contribution in [-0.2, 0) is 11.3 Å². The lowest BCUT2D eigenvalue weighted by Gasteiger charge is -2.29. The van der Waals surface area contributed by atoms with Gasteiger partial charge in [0, 0.05) is 11.3 Å². The SMILES string of the molecule is O=C(COc1ccc(F)cc1)c1ccc2c(c1)N(Cc1ccc(C(=O)Nc3ccc(F)cc3)o1)C(=O)CO2. The number of fused-ring (bicyclic) bond motifs is 1. The molecule has 10 heteroatoms. The molecule has 192 valence electrons. The van der Waals surface area contributed by atoms with E-state index < -0.39 is 17.5 Å². The molecule has 0 saturated carbocycles. The molecule has 8 nitrogen and oxygen atoms in total. The van der Waals surface area contributed by atoms with Crippen LogP contribution in [0.5, 0.6) is 11.5 Å². The fraction of sp³-hybridized carbons (Fsp3) is 0.107. The lowest BCUT2D eigenvalue weighted by molar-refractivity contribution is -0.121. The Bertz CT molecular complexity index is 1500. The molecule has 0 bridgehead atoms. The smallest absolute Gasteiger partial charge is 0.291 e. The number of anilines is 2. The van der Waals surface area contributed by atoms with E-state index in [0.717, 1.165) is 0 Å². The number of ketones is 1. The van der Waals surface area contributed by atoms with E-state index in [0.29, 0.717) is 28.6 Å². The summed E-state index contributed by atoms with van der Waals surface area (Å²) < 4.78 is 42.8. The average molecular weight is 518 g/mol. The number of rotatable bonds is 8. The van der Waals surface area contributed by atoms with Gasteiger partial charge in [0.15, 0.2) is 24.8 Å². The van der Waals surface area contributed by atoms with E-state index in [2.05, 4.69) is 5.32 Å². The number of hydrogen-bond acceptors (Lipinski definition) is 6. The summed E-state index contributed by atoms with van der Waals surface area (Å²) in [5, 5.41) is 2.61. The van der Waals surface area contributed by atoms with Crippen molar-refractivity contribution in [1.82, 2.24) is 0 Å². The van der Waals surface area contributed by atoms with Crippen LogP contribution >= 0.6 is 0 Å². The predicted octanol–water partition coefficient (Wildman–Crippen LogP) is 5.00. The van der Waals surface area contributed by atoms with Gasteiger partial charge in [0.2, 0.25) is 0 Å². The van der Waals surface area contributed by atoms with Crippen LogP contribution in [0.25, 0.3) is 0 Å². The van der Waals surface area contributed by atoms with Crippen molar-refractivity contribution >= 4 is 29.0 Å². The average Bonchev–Trinajstić information content (AvgIpc) is 3.40. The van der Waals surface area contributed by atoms with E-state index in [1.165, 1.54) is 65.6 Å². The van der Waals surface area contributed by atoms with Gasteiger partial charge in [-0.15, -0.1) is 0 Å². The number of carbonyl (C=O) groups excluding carboxylic acids is 3. The van der Waals surface area contributed by atoms with Crippen LogP contribution in [0.4, 0.5) is 20.2 Å². The largest absolute Gasteiger partial charge is 0.485 e. The van der Waals surface area contributed by atoms with Crippen LogP contribution in [0.2, 0.25) is 0 Å². The molecular formula is C28H20F2N2O6. The standard InChI is InChI=1S/C28H20F2N2O6/c29-18-2-6-20(7-3-18)31-28(35)26-12-10-22(38-26)14-32-23-13-17(1-11-25(23)37-16-27(32)34)24(33)15-36-21-8-4-19(30)5-9-21/h1-13H,14-16H2,(H,31,35). The van der Waals surface area contributed by atoms with Crippen molar-refractivity contribution in [3.8, 4) is 11.5 Å². The van der Waals surface area contributed by atoms with Crippen molar-refractivity contribution in [1.29, 1.82) is 0 Å². The van der Waals surface area contributed by atoms with E-state index in [9.17, 15) is 23.2 Å². The summed E-state index contributed by atoms with van der Waals surface area (Å²) in [6.45, 7) is -0.501. The third-order valence-electron chi connectivity index (χ3n) is 5.71. The molecule has 0 aliphatic carbocycles. The highest BCUT2D eigenvalue weighted by Gasteiger charge is 2.28. The van der Waals surface area contributed by atoms with Gasteiger partial charge < -0.3 is 19.2 Å². The zero-order valence-electron chi connectivity index (χ0n) is 19.8. The van der Waals surface area contributed by atoms with Crippen LogP contribution in [0.15, 0.2) is 83.3 Å². The molecule has 38 heavy (non-hydrogen) atoms. The third kappa shape index (κ3) is 5.54. The molecule has 4 aromatic rings. The van der Waals surface area contributed by atoms with E-state index in [1.54, 1.807) is 18.2 Å². The first kappa shape index (κ1) is 24.7. The van der Waals surface area contributed by atoms with Gasteiger partial charge in [-0.25, -0.2) is 8.78 Å². The highest BCUT2D eigenvalue weighted by molar-refractivity contribution is 6.03. The molecule has 0 radical (unpaired) electrons. The molecule has 5 rings (SSSR count). The maximum absolute atomic E-state index is 13.1. The Balaban J connectivity index is 1.29. The number of carbonyl (C=O) groups is 3. The molecular weight excluding hydrogens is 498 g/mol. The van der Waals surface area contributed by atoms with Crippen LogP contribution in [0.1, 0.15) is 26.7 Å². The minimum absolute atomic E-state index is 0.00660. The number of ether oxygens (including phenoxy) is 2. The Morgan fingerprint density at radius 3 is 2.37 bits per heavy atom. The Labute approximate surface area is 215 Å². The summed E-state index contributed by atoms with van der Waals surface area (Å²) in [7, 11) is 0. The van der Waals surface area contributed by atoms with E-state index in [1.807, 2.05) is 0 Å². The monoisotopic (exact) mass is 518 g/mol. The number of benzene rings is 3. The highest BCUT2D eigenvalue weighted by Crippen LogP contribution is 2.34. The van der Waals surface area contributed by atoms with Crippen molar-refractivity contribution in [3.05, 3.63) is 108 Å². The molecule has 1 aromatic heterocycles. The van der Waals surface area contributed by atoms with E-state index in [4.69, 9.17) is 13.9 Å². The Morgan fingerprint density at radius 1 is 0.921 bits per heavy atom. The lowest BCUT2D eigenvalue weighted by atomic mass is 10.1. The maximum atomic E-state index is 13.1. The Hall–Kier alpha value is -4.99. The van der Waals surface area contributed by atoms with Gasteiger partial charge in [0.25, 0.3) is 11.8 Å². The molecule has 1 N–H and O–H groups in total. The number of hydrogen-bond donors (Lipinski definition) is 1. The summed E-state index contributed by atoms with van der Waals surface area (Å²) in [5.74, 6) is -1.02. The topological polar surface area (TPSA) is 98.1 Å². The van der Waals surface area contributed by atoms with Crippen molar-refractivity contribution in [2.45, 2.75) is 6.54 Å². The van der Waals surface area contributed by atoms with Crippen LogP contribution in [-0.4, -0.2) is 30.8 Å². The summed E-state index contributed by atoms with van der Waals surface area (Å²) in [6, 6.07) is 18.3. The van der Waals surface area contributed by atoms with Gasteiger partial charge in [-0.05, 0) is 78.9 Å². The minimum Gasteiger partial charge on any atom is -0.485 e. The van der Waals surface area contributed by atoms with Crippen LogP contribution in [0, 0.1) is 11.6 Å². The molecule has 0 saturated heterocycles. The van der Waals surface area contributed by atoms with Gasteiger partial charge >= 0.3 is 0 Å². The highest BCUT2D eigenvalue weighted by atomic mass is 19.1. The molecule has 1 aliphatic heterocycles. The summed E-state index contributed by atoms with van der Waals surface area (Å²) in [5.41, 5.74) is 1.04. The zero-order valence-corrected chi connectivity index (χ0v) is 19.8. The maximum Gasteiger partial charge on any atom is 0.291 e. The second-order valence-corrected chi connectivity index (χ2v) is 8.34. The first-order valence-electron chi connectivity index (χ1n) is 11.5. The summed E-state index contributed by atoms with van der Waals surface area (Å²) in [4.78, 5) is 39.3. The summed E-state index contributed by atoms with van der Waals surface area (Å²) in [6.07, 6.45) is 0. The van der Waals surface area contributed by atoms with Crippen molar-refractivity contribution in [3.63, 3.8) is 0 Å². The first-order chi connectivity index (χ1) is 18.4. The van der Waals surface area contributed by atoms with Crippen molar-refractivity contribution in [2.24, 2.45) is 0 Å². The van der Waals surface area contributed by atoms with Gasteiger partial charge in [-0.1, -0.05) is 0 Å². The zero-order chi connectivity index (χ0) is 26.6. The fourth-order valence-corrected chi connectivity index (χ4v) is 3.78. The Kier molecular flexibility index (Phi) is 6.86. The number of furan rings is 1. The molecule has 0 unspecified atom stereocenters. The second kappa shape index (κ2) is 10.6. The molecule has 3 aromatic carbocycles. The number of nitrogens with one attached hydrogen (secondary N) is 1. The molecule has 2 amide bonds. The molecule has 0 atom stereocenters. The van der Waals surface area contributed by atoms with Crippen LogP contribution in [0.3, 0.4) is 0 Å². The van der Waals surface area contributed by atoms with Gasteiger partial charge in [0.05, 0.1) is 12.2 Å². The van der Waals surface area contributed by atoms with E-state index >= 15 is 0 Å². The second-order valence-electron chi connectivity index (χ2n) is 8.34. The van der Waals surface area contributed by atoms with Gasteiger partial charge in [0.1, 0.15) is 28.9 Å². The lowest BCUT2D eigenvalue weighted by Crippen LogP contribution is -2.38. The third-order valence-corrected chi connectivity index (χ3v) is 5.71. The van der Waals surface area contributed by atoms with Crippen LogP contribution < -0.4 is 19.7 Å². The Morgan fingerprint density at radius 2 is 1.63 bits per heavy atom.